The van der Waals surface area contributed by atoms with Gasteiger partial charge in [-0.3, -0.25) is 0 Å². The fraction of sp³-hybridized carbons (Fsp3) is 0.643. The van der Waals surface area contributed by atoms with Gasteiger partial charge in [-0.1, -0.05) is 32.9 Å². The van der Waals surface area contributed by atoms with Gasteiger partial charge in [0.2, 0.25) is 0 Å². The molecule has 3 rings (SSSR count). The number of nitrogens with zero attached hydrogens (tertiary/aromatic N) is 1. The molecule has 2 bridgehead atoms. The quantitative estimate of drug-likeness (QED) is 0.459. The van der Waals surface area contributed by atoms with Gasteiger partial charge in [0.05, 0.1) is 17.6 Å². The summed E-state index contributed by atoms with van der Waals surface area (Å²) in [5.41, 5.74) is 0.746. The van der Waals surface area contributed by atoms with Crippen molar-refractivity contribution in [3.8, 4) is 6.07 Å². The smallest absolute Gasteiger partial charge is 0.118 e. The van der Waals surface area contributed by atoms with E-state index in [9.17, 15) is 5.26 Å². The molecule has 3 aliphatic rings. The van der Waals surface area contributed by atoms with Gasteiger partial charge in [0.25, 0.3) is 0 Å². The predicted molar refractivity (Wildman–Crippen MR) is 61.2 cm³/mol. The third kappa shape index (κ3) is 1.12. The van der Waals surface area contributed by atoms with Crippen LogP contribution in [0.1, 0.15) is 27.2 Å². The predicted octanol–water partition coefficient (Wildman–Crippen LogP) is 3.03. The Morgan fingerprint density at radius 1 is 1.38 bits per heavy atom. The van der Waals surface area contributed by atoms with Gasteiger partial charge in [0.1, 0.15) is 11.9 Å². The number of fused-ring (bicyclic) bond motifs is 5. The zero-order valence-electron chi connectivity index (χ0n) is 10.0. The van der Waals surface area contributed by atoms with Crippen molar-refractivity contribution in [2.45, 2.75) is 33.3 Å². The molecule has 0 aromatic rings. The van der Waals surface area contributed by atoms with Crippen LogP contribution in [0, 0.1) is 34.5 Å². The first-order valence-corrected chi connectivity index (χ1v) is 6.02. The molecule has 1 aliphatic heterocycles. The number of hydrogen-bond donors (Lipinski definition) is 0. The molecule has 2 heteroatoms. The second kappa shape index (κ2) is 2.91. The molecule has 2 nitrogen and oxygen atoms in total. The van der Waals surface area contributed by atoms with Crippen LogP contribution in [-0.4, -0.2) is 6.10 Å². The van der Waals surface area contributed by atoms with Crippen LogP contribution < -0.4 is 0 Å². The minimum Gasteiger partial charge on any atom is -0.492 e. The lowest BCUT2D eigenvalue weighted by Gasteiger charge is -2.43. The summed E-state index contributed by atoms with van der Waals surface area (Å²) in [6.45, 7) is 6.24. The highest BCUT2D eigenvalue weighted by Crippen LogP contribution is 2.57. The molecule has 0 spiro atoms. The molecule has 16 heavy (non-hydrogen) atoms. The Labute approximate surface area is 96.6 Å². The number of ether oxygens (including phenoxy) is 1. The summed E-state index contributed by atoms with van der Waals surface area (Å²) >= 11 is 0. The van der Waals surface area contributed by atoms with Crippen LogP contribution in [-0.2, 0) is 4.74 Å². The SMILES string of the molecule is CC(C)(C)/C(C#N)=C1/OC2C3C=CC(C3)C12. The Kier molecular flexibility index (Phi) is 1.81. The summed E-state index contributed by atoms with van der Waals surface area (Å²) in [5, 5.41) is 9.28. The Morgan fingerprint density at radius 3 is 2.62 bits per heavy atom. The van der Waals surface area contributed by atoms with E-state index < -0.39 is 0 Å². The summed E-state index contributed by atoms with van der Waals surface area (Å²) in [5.74, 6) is 2.73. The largest absolute Gasteiger partial charge is 0.492 e. The highest BCUT2D eigenvalue weighted by Gasteiger charge is 2.56. The van der Waals surface area contributed by atoms with Gasteiger partial charge < -0.3 is 4.74 Å². The van der Waals surface area contributed by atoms with Gasteiger partial charge >= 0.3 is 0 Å². The lowest BCUT2D eigenvalue weighted by atomic mass is 9.77. The lowest BCUT2D eigenvalue weighted by Crippen LogP contribution is -2.42. The molecule has 4 unspecified atom stereocenters. The maximum Gasteiger partial charge on any atom is 0.118 e. The van der Waals surface area contributed by atoms with Crippen LogP contribution in [0.15, 0.2) is 23.5 Å². The molecule has 2 aliphatic carbocycles. The summed E-state index contributed by atoms with van der Waals surface area (Å²) in [7, 11) is 0. The van der Waals surface area contributed by atoms with Crippen molar-refractivity contribution in [3.05, 3.63) is 23.5 Å². The zero-order chi connectivity index (χ0) is 11.5. The van der Waals surface area contributed by atoms with Crippen molar-refractivity contribution in [1.29, 1.82) is 5.26 Å². The monoisotopic (exact) mass is 215 g/mol. The Morgan fingerprint density at radius 2 is 2.06 bits per heavy atom. The molecule has 0 radical (unpaired) electrons. The highest BCUT2D eigenvalue weighted by atomic mass is 16.5. The van der Waals surface area contributed by atoms with Gasteiger partial charge in [-0.25, -0.2) is 0 Å². The van der Waals surface area contributed by atoms with Crippen molar-refractivity contribution in [3.63, 3.8) is 0 Å². The van der Waals surface area contributed by atoms with Crippen LogP contribution in [0.3, 0.4) is 0 Å². The molecule has 2 fully saturated rings. The van der Waals surface area contributed by atoms with Crippen molar-refractivity contribution in [2.24, 2.45) is 23.2 Å². The Hall–Kier alpha value is -1.23. The van der Waals surface area contributed by atoms with E-state index >= 15 is 0 Å². The fourth-order valence-corrected chi connectivity index (χ4v) is 3.25. The molecular weight excluding hydrogens is 198 g/mol. The van der Waals surface area contributed by atoms with Gasteiger partial charge in [-0.2, -0.15) is 5.26 Å². The zero-order valence-corrected chi connectivity index (χ0v) is 10.0. The molecule has 0 aromatic heterocycles. The van der Waals surface area contributed by atoms with Crippen molar-refractivity contribution in [2.75, 3.05) is 0 Å². The Bertz CT molecular complexity index is 433. The minimum absolute atomic E-state index is 0.0966. The second-order valence-corrected chi connectivity index (χ2v) is 6.16. The maximum absolute atomic E-state index is 9.28. The first-order valence-electron chi connectivity index (χ1n) is 6.02. The van der Waals surface area contributed by atoms with Gasteiger partial charge in [-0.15, -0.1) is 0 Å². The summed E-state index contributed by atoms with van der Waals surface area (Å²) in [6.07, 6.45) is 6.19. The van der Waals surface area contributed by atoms with E-state index in [1.165, 1.54) is 6.42 Å². The number of nitriles is 1. The molecule has 1 saturated heterocycles. The third-order valence-electron chi connectivity index (χ3n) is 4.06. The first kappa shape index (κ1) is 9.96. The maximum atomic E-state index is 9.28. The Balaban J connectivity index is 1.97. The molecule has 1 saturated carbocycles. The average Bonchev–Trinajstić information content (AvgIpc) is 2.66. The fourth-order valence-electron chi connectivity index (χ4n) is 3.25. The summed E-state index contributed by atoms with van der Waals surface area (Å²) in [4.78, 5) is 0. The third-order valence-corrected chi connectivity index (χ3v) is 4.06. The van der Waals surface area contributed by atoms with E-state index in [0.717, 1.165) is 11.3 Å². The van der Waals surface area contributed by atoms with Gasteiger partial charge in [0, 0.05) is 11.3 Å². The molecule has 0 aromatic carbocycles. The van der Waals surface area contributed by atoms with Crippen LogP contribution in [0.4, 0.5) is 0 Å². The molecular formula is C14H17NO. The van der Waals surface area contributed by atoms with Crippen molar-refractivity contribution < 1.29 is 4.74 Å². The van der Waals surface area contributed by atoms with Gasteiger partial charge in [-0.05, 0) is 12.3 Å². The normalized spacial score (nSPS) is 42.1. The number of hydrogen-bond acceptors (Lipinski definition) is 2. The van der Waals surface area contributed by atoms with E-state index in [1.54, 1.807) is 0 Å². The van der Waals surface area contributed by atoms with E-state index in [1.807, 2.05) is 0 Å². The molecule has 0 amide bonds. The van der Waals surface area contributed by atoms with Crippen LogP contribution in [0.2, 0.25) is 0 Å². The molecule has 1 heterocycles. The van der Waals surface area contributed by atoms with Crippen LogP contribution in [0.25, 0.3) is 0 Å². The van der Waals surface area contributed by atoms with E-state index in [0.29, 0.717) is 23.9 Å². The van der Waals surface area contributed by atoms with E-state index in [4.69, 9.17) is 4.74 Å². The molecule has 4 atom stereocenters. The summed E-state index contributed by atoms with van der Waals surface area (Å²) < 4.78 is 5.88. The van der Waals surface area contributed by atoms with Crippen LogP contribution >= 0.6 is 0 Å². The van der Waals surface area contributed by atoms with Crippen molar-refractivity contribution >= 4 is 0 Å². The molecule has 84 valence electrons. The van der Waals surface area contributed by atoms with Crippen molar-refractivity contribution in [1.82, 2.24) is 0 Å². The first-order chi connectivity index (χ1) is 7.52. The summed E-state index contributed by atoms with van der Waals surface area (Å²) in [6, 6.07) is 2.35. The number of allylic oxidation sites excluding steroid dienone is 2. The standard InChI is InChI=1S/C14H17NO/c1-14(2,3)10(7-15)13-11-8-4-5-9(6-8)12(11)16-13/h4-5,8-9,11-12H,6H2,1-3H3/b13-10+. The molecule has 0 N–H and O–H groups in total. The number of rotatable bonds is 0. The van der Waals surface area contributed by atoms with Gasteiger partial charge in [0.15, 0.2) is 0 Å². The lowest BCUT2D eigenvalue weighted by molar-refractivity contribution is -0.0535. The van der Waals surface area contributed by atoms with Crippen LogP contribution in [0.5, 0.6) is 0 Å². The average molecular weight is 215 g/mol. The van der Waals surface area contributed by atoms with E-state index in [-0.39, 0.29) is 5.41 Å². The highest BCUT2D eigenvalue weighted by molar-refractivity contribution is 5.38. The second-order valence-electron chi connectivity index (χ2n) is 6.16. The topological polar surface area (TPSA) is 33.0 Å². The van der Waals surface area contributed by atoms with E-state index in [2.05, 4.69) is 39.0 Å². The minimum atomic E-state index is -0.0966.